The van der Waals surface area contributed by atoms with Crippen molar-refractivity contribution in [1.82, 2.24) is 19.3 Å². The van der Waals surface area contributed by atoms with Gasteiger partial charge < -0.3 is 10.5 Å². The summed E-state index contributed by atoms with van der Waals surface area (Å²) in [4.78, 5) is 4.51. The molecule has 6 nitrogen and oxygen atoms in total. The summed E-state index contributed by atoms with van der Waals surface area (Å²) in [5.74, 6) is 0.586. The second-order valence-corrected chi connectivity index (χ2v) is 5.54. The average Bonchev–Trinajstić information content (AvgIpc) is 3.08. The van der Waals surface area contributed by atoms with E-state index in [4.69, 9.17) is 10.5 Å². The van der Waals surface area contributed by atoms with Crippen molar-refractivity contribution >= 4 is 17.1 Å². The van der Waals surface area contributed by atoms with E-state index in [2.05, 4.69) is 21.6 Å². The fourth-order valence-electron chi connectivity index (χ4n) is 3.03. The molecular weight excluding hydrogens is 254 g/mol. The molecule has 2 aromatic rings. The van der Waals surface area contributed by atoms with Gasteiger partial charge in [0.05, 0.1) is 11.8 Å². The van der Waals surface area contributed by atoms with E-state index in [1.807, 2.05) is 11.7 Å². The SMILES string of the molecule is CCCc1nn(C)c2c1nc(N)n2CCC1CCCO1. The largest absolute Gasteiger partial charge is 0.378 e. The zero-order valence-corrected chi connectivity index (χ0v) is 12.3. The first-order chi connectivity index (χ1) is 9.70. The first kappa shape index (κ1) is 13.4. The van der Waals surface area contributed by atoms with Crippen LogP contribution in [0.5, 0.6) is 0 Å². The number of fused-ring (bicyclic) bond motifs is 1. The Kier molecular flexibility index (Phi) is 3.65. The van der Waals surface area contributed by atoms with Gasteiger partial charge in [0.2, 0.25) is 5.95 Å². The van der Waals surface area contributed by atoms with Crippen LogP contribution in [0.25, 0.3) is 11.2 Å². The molecule has 3 rings (SSSR count). The molecule has 0 spiro atoms. The molecule has 0 aliphatic carbocycles. The minimum absolute atomic E-state index is 0.371. The van der Waals surface area contributed by atoms with Crippen molar-refractivity contribution in [2.24, 2.45) is 7.05 Å². The van der Waals surface area contributed by atoms with Crippen molar-refractivity contribution in [3.05, 3.63) is 5.69 Å². The van der Waals surface area contributed by atoms with Crippen molar-refractivity contribution in [2.45, 2.75) is 51.7 Å². The van der Waals surface area contributed by atoms with Crippen molar-refractivity contribution in [2.75, 3.05) is 12.3 Å². The summed E-state index contributed by atoms with van der Waals surface area (Å²) in [6.45, 7) is 3.89. The number of nitrogens with zero attached hydrogens (tertiary/aromatic N) is 4. The molecule has 0 radical (unpaired) electrons. The molecule has 1 saturated heterocycles. The predicted molar refractivity (Wildman–Crippen MR) is 78.5 cm³/mol. The molecule has 1 aliphatic rings. The predicted octanol–water partition coefficient (Wildman–Crippen LogP) is 1.87. The maximum Gasteiger partial charge on any atom is 0.202 e. The lowest BCUT2D eigenvalue weighted by atomic mass is 10.2. The van der Waals surface area contributed by atoms with Gasteiger partial charge in [-0.15, -0.1) is 0 Å². The van der Waals surface area contributed by atoms with Crippen LogP contribution < -0.4 is 5.73 Å². The summed E-state index contributed by atoms with van der Waals surface area (Å²) in [6.07, 6.45) is 5.70. The molecule has 0 bridgehead atoms. The van der Waals surface area contributed by atoms with E-state index in [1.54, 1.807) is 0 Å². The zero-order chi connectivity index (χ0) is 14.1. The Morgan fingerprint density at radius 3 is 3.00 bits per heavy atom. The maximum atomic E-state index is 6.09. The van der Waals surface area contributed by atoms with Crippen LogP contribution in [-0.2, 0) is 24.8 Å². The number of hydrogen-bond donors (Lipinski definition) is 1. The summed E-state index contributed by atoms with van der Waals surface area (Å²) in [7, 11) is 1.96. The lowest BCUT2D eigenvalue weighted by Crippen LogP contribution is -2.13. The Morgan fingerprint density at radius 1 is 1.45 bits per heavy atom. The van der Waals surface area contributed by atoms with Crippen molar-refractivity contribution in [3.63, 3.8) is 0 Å². The second-order valence-electron chi connectivity index (χ2n) is 5.54. The van der Waals surface area contributed by atoms with Crippen molar-refractivity contribution in [3.8, 4) is 0 Å². The molecule has 110 valence electrons. The Bertz CT molecular complexity index is 594. The second kappa shape index (κ2) is 5.44. The third-order valence-corrected chi connectivity index (χ3v) is 4.01. The lowest BCUT2D eigenvalue weighted by Gasteiger charge is -2.11. The Labute approximate surface area is 118 Å². The van der Waals surface area contributed by atoms with Crippen molar-refractivity contribution < 1.29 is 4.74 Å². The first-order valence-corrected chi connectivity index (χ1v) is 7.50. The van der Waals surface area contributed by atoms with Gasteiger partial charge in [-0.25, -0.2) is 4.98 Å². The molecule has 20 heavy (non-hydrogen) atoms. The minimum Gasteiger partial charge on any atom is -0.378 e. The molecule has 0 aromatic carbocycles. The highest BCUT2D eigenvalue weighted by Gasteiger charge is 2.20. The highest BCUT2D eigenvalue weighted by molar-refractivity contribution is 5.77. The van der Waals surface area contributed by atoms with Gasteiger partial charge in [-0.3, -0.25) is 9.25 Å². The van der Waals surface area contributed by atoms with Gasteiger partial charge in [0, 0.05) is 20.2 Å². The van der Waals surface area contributed by atoms with Crippen LogP contribution in [0.1, 0.15) is 38.3 Å². The molecule has 2 aromatic heterocycles. The van der Waals surface area contributed by atoms with Crippen LogP contribution in [0.2, 0.25) is 0 Å². The maximum absolute atomic E-state index is 6.09. The van der Waals surface area contributed by atoms with Crippen LogP contribution in [0.3, 0.4) is 0 Å². The van der Waals surface area contributed by atoms with E-state index >= 15 is 0 Å². The topological polar surface area (TPSA) is 70.9 Å². The first-order valence-electron chi connectivity index (χ1n) is 7.50. The summed E-state index contributed by atoms with van der Waals surface area (Å²) in [6, 6.07) is 0. The van der Waals surface area contributed by atoms with E-state index in [0.717, 1.165) is 55.7 Å². The standard InChI is InChI=1S/C14H23N5O/c1-3-5-11-12-13(18(2)17-11)19(14(15)16-12)8-7-10-6-4-9-20-10/h10H,3-9H2,1-2H3,(H2,15,16). The fourth-order valence-corrected chi connectivity index (χ4v) is 3.03. The number of nitrogen functional groups attached to an aromatic ring is 1. The van der Waals surface area contributed by atoms with Gasteiger partial charge in [-0.1, -0.05) is 13.3 Å². The number of ether oxygens (including phenoxy) is 1. The van der Waals surface area contributed by atoms with Crippen LogP contribution >= 0.6 is 0 Å². The minimum atomic E-state index is 0.371. The molecule has 0 saturated carbocycles. The summed E-state index contributed by atoms with van der Waals surface area (Å²) in [5, 5.41) is 4.57. The Hall–Kier alpha value is -1.56. The van der Waals surface area contributed by atoms with Crippen LogP contribution in [0, 0.1) is 0 Å². The number of aromatic nitrogens is 4. The smallest absolute Gasteiger partial charge is 0.202 e. The average molecular weight is 277 g/mol. The third kappa shape index (κ3) is 2.28. The summed E-state index contributed by atoms with van der Waals surface area (Å²) in [5.41, 5.74) is 9.12. The van der Waals surface area contributed by atoms with Gasteiger partial charge in [0.25, 0.3) is 0 Å². The van der Waals surface area contributed by atoms with Crippen LogP contribution in [0.15, 0.2) is 0 Å². The van der Waals surface area contributed by atoms with E-state index in [1.165, 1.54) is 6.42 Å². The molecule has 0 amide bonds. The number of hydrogen-bond acceptors (Lipinski definition) is 4. The van der Waals surface area contributed by atoms with E-state index in [9.17, 15) is 0 Å². The molecule has 1 unspecified atom stereocenters. The summed E-state index contributed by atoms with van der Waals surface area (Å²) < 4.78 is 9.65. The van der Waals surface area contributed by atoms with Gasteiger partial charge in [-0.2, -0.15) is 5.10 Å². The number of anilines is 1. The summed E-state index contributed by atoms with van der Waals surface area (Å²) >= 11 is 0. The fraction of sp³-hybridized carbons (Fsp3) is 0.714. The normalized spacial score (nSPS) is 19.2. The van der Waals surface area contributed by atoms with E-state index < -0.39 is 0 Å². The number of nitrogens with two attached hydrogens (primary N) is 1. The van der Waals surface area contributed by atoms with Crippen molar-refractivity contribution in [1.29, 1.82) is 0 Å². The molecule has 1 aliphatic heterocycles. The Balaban J connectivity index is 1.87. The Morgan fingerprint density at radius 2 is 2.30 bits per heavy atom. The highest BCUT2D eigenvalue weighted by Crippen LogP contribution is 2.24. The molecular formula is C14H23N5O. The van der Waals surface area contributed by atoms with Gasteiger partial charge in [0.15, 0.2) is 5.65 Å². The van der Waals surface area contributed by atoms with E-state index in [-0.39, 0.29) is 0 Å². The number of rotatable bonds is 5. The lowest BCUT2D eigenvalue weighted by molar-refractivity contribution is 0.101. The number of aryl methyl sites for hydroxylation is 3. The highest BCUT2D eigenvalue weighted by atomic mass is 16.5. The van der Waals surface area contributed by atoms with E-state index in [0.29, 0.717) is 12.1 Å². The van der Waals surface area contributed by atoms with Crippen LogP contribution in [0.4, 0.5) is 5.95 Å². The molecule has 3 heterocycles. The molecule has 2 N–H and O–H groups in total. The molecule has 6 heteroatoms. The van der Waals surface area contributed by atoms with Gasteiger partial charge in [-0.05, 0) is 25.7 Å². The number of imidazole rings is 1. The van der Waals surface area contributed by atoms with Crippen LogP contribution in [-0.4, -0.2) is 32.0 Å². The van der Waals surface area contributed by atoms with Gasteiger partial charge in [0.1, 0.15) is 5.52 Å². The molecule has 1 atom stereocenters. The molecule has 1 fully saturated rings. The zero-order valence-electron chi connectivity index (χ0n) is 12.3. The third-order valence-electron chi connectivity index (χ3n) is 4.01. The monoisotopic (exact) mass is 277 g/mol. The quantitative estimate of drug-likeness (QED) is 0.905. The van der Waals surface area contributed by atoms with Gasteiger partial charge >= 0.3 is 0 Å².